The molecule has 0 radical (unpaired) electrons. The van der Waals surface area contributed by atoms with Gasteiger partial charge in [0.15, 0.2) is 5.13 Å². The molecular formula is C9H17N3S. The minimum Gasteiger partial charge on any atom is -0.350 e. The van der Waals surface area contributed by atoms with Crippen molar-refractivity contribution in [2.75, 3.05) is 31.6 Å². The van der Waals surface area contributed by atoms with Crippen LogP contribution in [-0.2, 0) is 0 Å². The van der Waals surface area contributed by atoms with Gasteiger partial charge < -0.3 is 10.2 Å². The Kier molecular flexibility index (Phi) is 4.78. The van der Waals surface area contributed by atoms with Crippen molar-refractivity contribution < 1.29 is 0 Å². The van der Waals surface area contributed by atoms with Gasteiger partial charge >= 0.3 is 0 Å². The van der Waals surface area contributed by atoms with Gasteiger partial charge in [-0.1, -0.05) is 6.92 Å². The Balaban J connectivity index is 2.15. The van der Waals surface area contributed by atoms with E-state index >= 15 is 0 Å². The summed E-state index contributed by atoms with van der Waals surface area (Å²) in [5, 5.41) is 6.46. The van der Waals surface area contributed by atoms with Gasteiger partial charge in [-0.2, -0.15) is 0 Å². The Hall–Kier alpha value is -0.610. The van der Waals surface area contributed by atoms with E-state index in [0.717, 1.165) is 24.8 Å². The van der Waals surface area contributed by atoms with Gasteiger partial charge in [-0.05, 0) is 13.0 Å². The molecule has 0 aromatic carbocycles. The molecule has 1 rings (SSSR count). The third-order valence-corrected chi connectivity index (χ3v) is 2.68. The molecule has 0 aliphatic rings. The van der Waals surface area contributed by atoms with E-state index in [1.807, 2.05) is 11.6 Å². The molecule has 0 unspecified atom stereocenters. The molecule has 0 fully saturated rings. The number of nitrogens with one attached hydrogen (secondary N) is 1. The number of thiazole rings is 1. The lowest BCUT2D eigenvalue weighted by Gasteiger charge is -2.15. The summed E-state index contributed by atoms with van der Waals surface area (Å²) < 4.78 is 0. The van der Waals surface area contributed by atoms with Crippen LogP contribution in [0.4, 0.5) is 5.13 Å². The largest absolute Gasteiger partial charge is 0.350 e. The summed E-state index contributed by atoms with van der Waals surface area (Å²) in [6.07, 6.45) is 3.04. The molecule has 0 aliphatic heterocycles. The summed E-state index contributed by atoms with van der Waals surface area (Å²) in [5.74, 6) is 0. The molecule has 4 heteroatoms. The highest BCUT2D eigenvalue weighted by atomic mass is 32.1. The van der Waals surface area contributed by atoms with E-state index in [1.165, 1.54) is 6.42 Å². The van der Waals surface area contributed by atoms with E-state index < -0.39 is 0 Å². The van der Waals surface area contributed by atoms with Crippen molar-refractivity contribution in [3.8, 4) is 0 Å². The van der Waals surface area contributed by atoms with E-state index in [1.54, 1.807) is 11.3 Å². The van der Waals surface area contributed by atoms with Gasteiger partial charge in [-0.25, -0.2) is 4.98 Å². The van der Waals surface area contributed by atoms with Gasteiger partial charge in [0.05, 0.1) is 0 Å². The van der Waals surface area contributed by atoms with Crippen LogP contribution in [0.1, 0.15) is 13.3 Å². The van der Waals surface area contributed by atoms with Crippen LogP contribution < -0.4 is 10.2 Å². The predicted molar refractivity (Wildman–Crippen MR) is 58.5 cm³/mol. The Morgan fingerprint density at radius 2 is 2.38 bits per heavy atom. The van der Waals surface area contributed by atoms with E-state index in [4.69, 9.17) is 0 Å². The van der Waals surface area contributed by atoms with Crippen LogP contribution in [0.2, 0.25) is 0 Å². The first-order valence-electron chi connectivity index (χ1n) is 4.66. The SMILES string of the molecule is CCCNCCN(C)c1nccs1. The van der Waals surface area contributed by atoms with Crippen LogP contribution in [0.15, 0.2) is 11.6 Å². The van der Waals surface area contributed by atoms with E-state index in [9.17, 15) is 0 Å². The summed E-state index contributed by atoms with van der Waals surface area (Å²) in [6, 6.07) is 0. The zero-order valence-corrected chi connectivity index (χ0v) is 9.10. The summed E-state index contributed by atoms with van der Waals surface area (Å²) in [4.78, 5) is 6.41. The van der Waals surface area contributed by atoms with Crippen molar-refractivity contribution in [1.82, 2.24) is 10.3 Å². The van der Waals surface area contributed by atoms with E-state index in [2.05, 4.69) is 29.2 Å². The van der Waals surface area contributed by atoms with Crippen LogP contribution in [0.3, 0.4) is 0 Å². The van der Waals surface area contributed by atoms with Crippen LogP contribution in [0.25, 0.3) is 0 Å². The first-order valence-corrected chi connectivity index (χ1v) is 5.54. The second kappa shape index (κ2) is 5.94. The van der Waals surface area contributed by atoms with Crippen LogP contribution in [0, 0.1) is 0 Å². The van der Waals surface area contributed by atoms with Gasteiger partial charge in [0, 0.05) is 31.7 Å². The lowest BCUT2D eigenvalue weighted by molar-refractivity contribution is 0.665. The first kappa shape index (κ1) is 10.5. The standard InChI is InChI=1S/C9H17N3S/c1-3-4-10-5-7-12(2)9-11-6-8-13-9/h6,8,10H,3-5,7H2,1-2H3. The number of rotatable bonds is 6. The molecule has 0 saturated carbocycles. The number of likely N-dealkylation sites (N-methyl/N-ethyl adjacent to an activating group) is 1. The fraction of sp³-hybridized carbons (Fsp3) is 0.667. The molecule has 0 bridgehead atoms. The normalized spacial score (nSPS) is 10.3. The zero-order chi connectivity index (χ0) is 9.52. The zero-order valence-electron chi connectivity index (χ0n) is 8.29. The third-order valence-electron chi connectivity index (χ3n) is 1.80. The molecule has 1 aromatic heterocycles. The molecule has 13 heavy (non-hydrogen) atoms. The fourth-order valence-electron chi connectivity index (χ4n) is 1.05. The third kappa shape index (κ3) is 3.74. The van der Waals surface area contributed by atoms with Crippen LogP contribution in [-0.4, -0.2) is 31.7 Å². The van der Waals surface area contributed by atoms with Gasteiger partial charge in [-0.3, -0.25) is 0 Å². The van der Waals surface area contributed by atoms with Crippen molar-refractivity contribution in [1.29, 1.82) is 0 Å². The first-order chi connectivity index (χ1) is 6.34. The second-order valence-corrected chi connectivity index (χ2v) is 3.86. The maximum absolute atomic E-state index is 4.23. The second-order valence-electron chi connectivity index (χ2n) is 2.99. The quantitative estimate of drug-likeness (QED) is 0.705. The molecule has 0 amide bonds. The van der Waals surface area contributed by atoms with Crippen LogP contribution in [0.5, 0.6) is 0 Å². The summed E-state index contributed by atoms with van der Waals surface area (Å²) in [7, 11) is 2.08. The lowest BCUT2D eigenvalue weighted by Crippen LogP contribution is -2.29. The molecule has 0 atom stereocenters. The summed E-state index contributed by atoms with van der Waals surface area (Å²) in [6.45, 7) is 5.33. The van der Waals surface area contributed by atoms with Crippen molar-refractivity contribution >= 4 is 16.5 Å². The van der Waals surface area contributed by atoms with Crippen LogP contribution >= 0.6 is 11.3 Å². The number of hydrogen-bond acceptors (Lipinski definition) is 4. The minimum absolute atomic E-state index is 1.02. The average molecular weight is 199 g/mol. The van der Waals surface area contributed by atoms with Gasteiger partial charge in [0.2, 0.25) is 0 Å². The van der Waals surface area contributed by atoms with Gasteiger partial charge in [0.25, 0.3) is 0 Å². The molecule has 0 spiro atoms. The Morgan fingerprint density at radius 3 is 3.00 bits per heavy atom. The number of nitrogens with zero attached hydrogens (tertiary/aromatic N) is 2. The monoisotopic (exact) mass is 199 g/mol. The molecule has 74 valence electrons. The lowest BCUT2D eigenvalue weighted by atomic mass is 10.4. The molecular weight excluding hydrogens is 182 g/mol. The highest BCUT2D eigenvalue weighted by Crippen LogP contribution is 2.14. The molecule has 1 aromatic rings. The predicted octanol–water partition coefficient (Wildman–Crippen LogP) is 1.58. The van der Waals surface area contributed by atoms with Crippen molar-refractivity contribution in [2.45, 2.75) is 13.3 Å². The Bertz CT molecular complexity index is 211. The number of anilines is 1. The Labute approximate surface area is 83.8 Å². The topological polar surface area (TPSA) is 28.2 Å². The van der Waals surface area contributed by atoms with E-state index in [-0.39, 0.29) is 0 Å². The smallest absolute Gasteiger partial charge is 0.185 e. The maximum Gasteiger partial charge on any atom is 0.185 e. The molecule has 1 heterocycles. The summed E-state index contributed by atoms with van der Waals surface area (Å²) >= 11 is 1.68. The molecule has 3 nitrogen and oxygen atoms in total. The van der Waals surface area contributed by atoms with Gasteiger partial charge in [-0.15, -0.1) is 11.3 Å². The highest BCUT2D eigenvalue weighted by Gasteiger charge is 2.00. The average Bonchev–Trinajstić information content (AvgIpc) is 2.65. The number of hydrogen-bond donors (Lipinski definition) is 1. The maximum atomic E-state index is 4.23. The van der Waals surface area contributed by atoms with E-state index in [0.29, 0.717) is 0 Å². The fourth-order valence-corrected chi connectivity index (χ4v) is 1.69. The molecule has 1 N–H and O–H groups in total. The minimum atomic E-state index is 1.02. The van der Waals surface area contributed by atoms with Crippen molar-refractivity contribution in [3.05, 3.63) is 11.6 Å². The summed E-state index contributed by atoms with van der Waals surface area (Å²) in [5.41, 5.74) is 0. The Morgan fingerprint density at radius 1 is 1.54 bits per heavy atom. The molecule has 0 saturated heterocycles. The highest BCUT2D eigenvalue weighted by molar-refractivity contribution is 7.13. The van der Waals surface area contributed by atoms with Crippen molar-refractivity contribution in [2.24, 2.45) is 0 Å². The van der Waals surface area contributed by atoms with Crippen molar-refractivity contribution in [3.63, 3.8) is 0 Å². The number of aromatic nitrogens is 1. The molecule has 0 aliphatic carbocycles. The van der Waals surface area contributed by atoms with Gasteiger partial charge in [0.1, 0.15) is 0 Å².